The highest BCUT2D eigenvalue weighted by Gasteiger charge is 2.27. The molecule has 0 saturated carbocycles. The molecule has 0 aliphatic carbocycles. The summed E-state index contributed by atoms with van der Waals surface area (Å²) in [6, 6.07) is 14.5. The van der Waals surface area contributed by atoms with E-state index >= 15 is 0 Å². The molecule has 180 valence electrons. The number of thioether (sulfide) groups is 1. The summed E-state index contributed by atoms with van der Waals surface area (Å²) in [5.74, 6) is -0.644. The third-order valence-electron chi connectivity index (χ3n) is 5.57. The van der Waals surface area contributed by atoms with Crippen molar-refractivity contribution in [2.45, 2.75) is 17.4 Å². The first-order chi connectivity index (χ1) is 15.9. The molecule has 1 aliphatic heterocycles. The van der Waals surface area contributed by atoms with E-state index in [1.807, 2.05) is 24.5 Å². The molecule has 1 heterocycles. The van der Waals surface area contributed by atoms with Gasteiger partial charge in [-0.1, -0.05) is 30.3 Å². The van der Waals surface area contributed by atoms with E-state index in [2.05, 4.69) is 32.0 Å². The molecule has 2 aromatic rings. The van der Waals surface area contributed by atoms with Crippen molar-refractivity contribution in [3.63, 3.8) is 0 Å². The van der Waals surface area contributed by atoms with Gasteiger partial charge in [0.2, 0.25) is 15.9 Å². The van der Waals surface area contributed by atoms with Gasteiger partial charge in [0.25, 0.3) is 0 Å². The Bertz CT molecular complexity index is 1000. The van der Waals surface area contributed by atoms with E-state index in [1.54, 1.807) is 0 Å². The van der Waals surface area contributed by atoms with Crippen molar-refractivity contribution < 1.29 is 17.6 Å². The molecule has 1 amide bonds. The van der Waals surface area contributed by atoms with Crippen LogP contribution in [-0.2, 0) is 14.8 Å². The highest BCUT2D eigenvalue weighted by atomic mass is 32.2. The zero-order valence-electron chi connectivity index (χ0n) is 18.7. The summed E-state index contributed by atoms with van der Waals surface area (Å²) in [6.45, 7) is 4.71. The zero-order chi connectivity index (χ0) is 23.7. The minimum atomic E-state index is -4.15. The highest BCUT2D eigenvalue weighted by molar-refractivity contribution is 7.98. The molecule has 1 unspecified atom stereocenters. The van der Waals surface area contributed by atoms with Gasteiger partial charge >= 0.3 is 0 Å². The van der Waals surface area contributed by atoms with Gasteiger partial charge in [-0.25, -0.2) is 12.8 Å². The number of hydrogen-bond donors (Lipinski definition) is 2. The van der Waals surface area contributed by atoms with Crippen LogP contribution in [0.4, 0.5) is 10.1 Å². The third-order valence-corrected chi connectivity index (χ3v) is 7.72. The predicted molar refractivity (Wildman–Crippen MR) is 132 cm³/mol. The molecule has 33 heavy (non-hydrogen) atoms. The van der Waals surface area contributed by atoms with Crippen LogP contribution in [0.2, 0.25) is 0 Å². The van der Waals surface area contributed by atoms with E-state index in [-0.39, 0.29) is 0 Å². The smallest absolute Gasteiger partial charge is 0.244 e. The number of carbonyl (C=O) groups excluding carboxylic acids is 1. The van der Waals surface area contributed by atoms with Crippen LogP contribution in [0, 0.1) is 5.82 Å². The van der Waals surface area contributed by atoms with E-state index in [0.29, 0.717) is 25.3 Å². The first-order valence-electron chi connectivity index (χ1n) is 11.0. The summed E-state index contributed by atoms with van der Waals surface area (Å²) in [4.78, 5) is 16.9. The fourth-order valence-corrected chi connectivity index (χ4v) is 5.50. The molecule has 0 aromatic heterocycles. The molecule has 2 aromatic carbocycles. The normalized spacial score (nSPS) is 15.9. The number of nitrogens with one attached hydrogen (secondary N) is 2. The number of para-hydroxylation sites is 1. The van der Waals surface area contributed by atoms with E-state index in [1.165, 1.54) is 35.6 Å². The van der Waals surface area contributed by atoms with Crippen molar-refractivity contribution in [2.24, 2.45) is 0 Å². The summed E-state index contributed by atoms with van der Waals surface area (Å²) < 4.78 is 41.7. The van der Waals surface area contributed by atoms with Crippen LogP contribution in [0.5, 0.6) is 0 Å². The van der Waals surface area contributed by atoms with Gasteiger partial charge < -0.3 is 10.2 Å². The number of nitrogens with zero attached hydrogens (tertiary/aromatic N) is 2. The van der Waals surface area contributed by atoms with Crippen molar-refractivity contribution in [2.75, 3.05) is 56.2 Å². The molecule has 1 saturated heterocycles. The molecular weight excluding hydrogens is 463 g/mol. The van der Waals surface area contributed by atoms with E-state index in [9.17, 15) is 17.6 Å². The number of halogens is 1. The Kier molecular flexibility index (Phi) is 9.54. The molecule has 1 aliphatic rings. The Labute approximate surface area is 199 Å². The van der Waals surface area contributed by atoms with E-state index in [4.69, 9.17) is 0 Å². The van der Waals surface area contributed by atoms with Crippen LogP contribution in [0.25, 0.3) is 0 Å². The molecule has 2 N–H and O–H groups in total. The standard InChI is InChI=1S/C23H31FN4O3S2/c1-32-18-11-21(26-33(30,31)22-10-6-5-9-20(22)24)23(29)25-12-13-27-14-16-28(17-15-27)19-7-3-2-4-8-19/h2-10,21,26H,11-18H2,1H3,(H,25,29). The molecule has 0 radical (unpaired) electrons. The first kappa shape index (κ1) is 25.5. The average Bonchev–Trinajstić information content (AvgIpc) is 2.83. The summed E-state index contributed by atoms with van der Waals surface area (Å²) in [5.41, 5.74) is 1.21. The molecule has 7 nitrogen and oxygen atoms in total. The summed E-state index contributed by atoms with van der Waals surface area (Å²) in [7, 11) is -4.15. The van der Waals surface area contributed by atoms with Crippen molar-refractivity contribution in [3.8, 4) is 0 Å². The third kappa shape index (κ3) is 7.43. The molecule has 0 bridgehead atoms. The molecular formula is C23H31FN4O3S2. The van der Waals surface area contributed by atoms with E-state index in [0.717, 1.165) is 32.2 Å². The van der Waals surface area contributed by atoms with Crippen LogP contribution in [0.1, 0.15) is 6.42 Å². The Morgan fingerprint density at radius 1 is 1.06 bits per heavy atom. The monoisotopic (exact) mass is 494 g/mol. The summed E-state index contributed by atoms with van der Waals surface area (Å²) in [5, 5.41) is 2.85. The van der Waals surface area contributed by atoms with Gasteiger partial charge in [0.1, 0.15) is 16.8 Å². The number of amides is 1. The van der Waals surface area contributed by atoms with Crippen molar-refractivity contribution >= 4 is 33.4 Å². The van der Waals surface area contributed by atoms with Crippen LogP contribution < -0.4 is 14.9 Å². The molecule has 0 spiro atoms. The van der Waals surface area contributed by atoms with Gasteiger partial charge in [0, 0.05) is 45.0 Å². The van der Waals surface area contributed by atoms with Crippen LogP contribution in [-0.4, -0.2) is 76.5 Å². The van der Waals surface area contributed by atoms with Gasteiger partial charge in [-0.3, -0.25) is 9.69 Å². The highest BCUT2D eigenvalue weighted by Crippen LogP contribution is 2.16. The maximum atomic E-state index is 14.0. The Hall–Kier alpha value is -2.14. The SMILES string of the molecule is CSCCC(NS(=O)(=O)c1ccccc1F)C(=O)NCCN1CCN(c2ccccc2)CC1. The Morgan fingerprint density at radius 2 is 1.73 bits per heavy atom. The number of anilines is 1. The number of sulfonamides is 1. The first-order valence-corrected chi connectivity index (χ1v) is 13.8. The van der Waals surface area contributed by atoms with Crippen molar-refractivity contribution in [1.29, 1.82) is 0 Å². The summed E-state index contributed by atoms with van der Waals surface area (Å²) in [6.07, 6.45) is 2.20. The maximum Gasteiger partial charge on any atom is 0.244 e. The lowest BCUT2D eigenvalue weighted by Crippen LogP contribution is -2.51. The van der Waals surface area contributed by atoms with Crippen LogP contribution >= 0.6 is 11.8 Å². The largest absolute Gasteiger partial charge is 0.369 e. The van der Waals surface area contributed by atoms with Gasteiger partial charge in [0.15, 0.2) is 0 Å². The minimum absolute atomic E-state index is 0.316. The topological polar surface area (TPSA) is 81.7 Å². The molecule has 10 heteroatoms. The van der Waals surface area contributed by atoms with Crippen molar-refractivity contribution in [3.05, 3.63) is 60.4 Å². The van der Waals surface area contributed by atoms with Crippen molar-refractivity contribution in [1.82, 2.24) is 14.9 Å². The molecule has 3 rings (SSSR count). The number of piperazine rings is 1. The quantitative estimate of drug-likeness (QED) is 0.498. The Morgan fingerprint density at radius 3 is 2.39 bits per heavy atom. The van der Waals surface area contributed by atoms with Crippen LogP contribution in [0.3, 0.4) is 0 Å². The molecule has 1 fully saturated rings. The number of carbonyl (C=O) groups is 1. The lowest BCUT2D eigenvalue weighted by molar-refractivity contribution is -0.122. The lowest BCUT2D eigenvalue weighted by Gasteiger charge is -2.36. The number of benzene rings is 2. The van der Waals surface area contributed by atoms with E-state index < -0.39 is 32.7 Å². The fraction of sp³-hybridized carbons (Fsp3) is 0.435. The fourth-order valence-electron chi connectivity index (χ4n) is 3.72. The van der Waals surface area contributed by atoms with Gasteiger partial charge in [-0.15, -0.1) is 0 Å². The maximum absolute atomic E-state index is 14.0. The lowest BCUT2D eigenvalue weighted by atomic mass is 10.2. The molecule has 1 atom stereocenters. The zero-order valence-corrected chi connectivity index (χ0v) is 20.4. The summed E-state index contributed by atoms with van der Waals surface area (Å²) >= 11 is 1.52. The second-order valence-corrected chi connectivity index (χ2v) is 10.5. The van der Waals surface area contributed by atoms with Gasteiger partial charge in [-0.05, 0) is 42.7 Å². The number of rotatable bonds is 11. The van der Waals surface area contributed by atoms with Gasteiger partial charge in [0.05, 0.1) is 0 Å². The van der Waals surface area contributed by atoms with Crippen LogP contribution in [0.15, 0.2) is 59.5 Å². The Balaban J connectivity index is 1.49. The predicted octanol–water partition coefficient (Wildman–Crippen LogP) is 2.16. The average molecular weight is 495 g/mol. The number of hydrogen-bond acceptors (Lipinski definition) is 6. The second kappa shape index (κ2) is 12.4. The van der Waals surface area contributed by atoms with Gasteiger partial charge in [-0.2, -0.15) is 16.5 Å². The second-order valence-electron chi connectivity index (χ2n) is 7.84. The minimum Gasteiger partial charge on any atom is -0.369 e.